The lowest BCUT2D eigenvalue weighted by atomic mass is 9.90. The molecule has 2 rings (SSSR count). The maximum absolute atomic E-state index is 12.7. The first-order chi connectivity index (χ1) is 9.04. The third-order valence-electron chi connectivity index (χ3n) is 3.78. The van der Waals surface area contributed by atoms with Crippen LogP contribution in [0, 0.1) is 9.49 Å². The molecule has 5 heteroatoms. The van der Waals surface area contributed by atoms with Crippen molar-refractivity contribution in [3.63, 3.8) is 0 Å². The summed E-state index contributed by atoms with van der Waals surface area (Å²) in [5.74, 6) is 0.584. The summed E-state index contributed by atoms with van der Waals surface area (Å²) in [6, 6.07) is 5.98. The molecule has 1 aliphatic rings. The van der Waals surface area contributed by atoms with E-state index in [0.29, 0.717) is 12.5 Å². The first-order valence-corrected chi connectivity index (χ1v) is 8.38. The van der Waals surface area contributed by atoms with E-state index in [4.69, 9.17) is 5.73 Å². The maximum Gasteiger partial charge on any atom is 0.255 e. The van der Waals surface area contributed by atoms with E-state index < -0.39 is 0 Å². The first kappa shape index (κ1) is 15.3. The summed E-state index contributed by atoms with van der Waals surface area (Å²) in [6.45, 7) is 3.54. The van der Waals surface area contributed by atoms with Crippen LogP contribution in [-0.4, -0.2) is 29.9 Å². The lowest BCUT2D eigenvalue weighted by molar-refractivity contribution is 0.0531. The predicted octanol–water partition coefficient (Wildman–Crippen LogP) is 3.25. The van der Waals surface area contributed by atoms with Gasteiger partial charge in [0.05, 0.1) is 5.56 Å². The van der Waals surface area contributed by atoms with E-state index in [1.807, 2.05) is 23.1 Å². The fourth-order valence-electron chi connectivity index (χ4n) is 2.68. The van der Waals surface area contributed by atoms with Gasteiger partial charge < -0.3 is 10.6 Å². The van der Waals surface area contributed by atoms with Crippen LogP contribution in [0.1, 0.15) is 30.1 Å². The van der Waals surface area contributed by atoms with Crippen molar-refractivity contribution in [2.75, 3.05) is 13.1 Å². The number of halogens is 2. The SMILES string of the molecule is CC1CCCN(C(=O)c2cc(Br)ccc2I)C1CN. The molecule has 1 aromatic rings. The van der Waals surface area contributed by atoms with Gasteiger partial charge in [0.25, 0.3) is 5.91 Å². The average molecular weight is 437 g/mol. The number of likely N-dealkylation sites (tertiary alicyclic amines) is 1. The van der Waals surface area contributed by atoms with Gasteiger partial charge in [-0.3, -0.25) is 4.79 Å². The zero-order valence-electron chi connectivity index (χ0n) is 10.9. The van der Waals surface area contributed by atoms with Crippen LogP contribution >= 0.6 is 38.5 Å². The molecular formula is C14H18BrIN2O. The second-order valence-corrected chi connectivity index (χ2v) is 7.12. The summed E-state index contributed by atoms with van der Waals surface area (Å²) in [4.78, 5) is 14.7. The molecule has 1 fully saturated rings. The summed E-state index contributed by atoms with van der Waals surface area (Å²) in [6.07, 6.45) is 2.22. The fourth-order valence-corrected chi connectivity index (χ4v) is 3.60. The van der Waals surface area contributed by atoms with Crippen LogP contribution in [0.5, 0.6) is 0 Å². The Hall–Kier alpha value is -0.140. The highest BCUT2D eigenvalue weighted by molar-refractivity contribution is 14.1. The highest BCUT2D eigenvalue weighted by Crippen LogP contribution is 2.26. The molecule has 0 spiro atoms. The van der Waals surface area contributed by atoms with E-state index in [9.17, 15) is 4.79 Å². The molecular weight excluding hydrogens is 419 g/mol. The number of hydrogen-bond donors (Lipinski definition) is 1. The number of piperidine rings is 1. The maximum atomic E-state index is 12.7. The lowest BCUT2D eigenvalue weighted by Crippen LogP contribution is -2.51. The highest BCUT2D eigenvalue weighted by Gasteiger charge is 2.31. The Morgan fingerprint density at radius 2 is 2.32 bits per heavy atom. The first-order valence-electron chi connectivity index (χ1n) is 6.50. The molecule has 2 N–H and O–H groups in total. The summed E-state index contributed by atoms with van der Waals surface area (Å²) in [5, 5.41) is 0. The Bertz CT molecular complexity index is 481. The minimum Gasteiger partial charge on any atom is -0.334 e. The molecule has 0 aliphatic carbocycles. The van der Waals surface area contributed by atoms with Crippen molar-refractivity contribution >= 4 is 44.4 Å². The van der Waals surface area contributed by atoms with E-state index in [0.717, 1.165) is 33.0 Å². The number of carbonyl (C=O) groups excluding carboxylic acids is 1. The van der Waals surface area contributed by atoms with Crippen LogP contribution in [0.2, 0.25) is 0 Å². The molecule has 1 aromatic carbocycles. The molecule has 19 heavy (non-hydrogen) atoms. The molecule has 0 radical (unpaired) electrons. The molecule has 0 aromatic heterocycles. The topological polar surface area (TPSA) is 46.3 Å². The molecule has 0 bridgehead atoms. The van der Waals surface area contributed by atoms with Gasteiger partial charge in [0.2, 0.25) is 0 Å². The van der Waals surface area contributed by atoms with Crippen LogP contribution in [0.4, 0.5) is 0 Å². The minimum atomic E-state index is 0.104. The quantitative estimate of drug-likeness (QED) is 0.723. The third-order valence-corrected chi connectivity index (χ3v) is 5.21. The Kier molecular flexibility index (Phi) is 5.25. The predicted molar refractivity (Wildman–Crippen MR) is 89.1 cm³/mol. The Morgan fingerprint density at radius 3 is 3.00 bits per heavy atom. The van der Waals surface area contributed by atoms with Crippen molar-refractivity contribution in [3.05, 3.63) is 31.8 Å². The van der Waals surface area contributed by atoms with Gasteiger partial charge in [-0.15, -0.1) is 0 Å². The highest BCUT2D eigenvalue weighted by atomic mass is 127. The zero-order valence-corrected chi connectivity index (χ0v) is 14.6. The smallest absolute Gasteiger partial charge is 0.255 e. The van der Waals surface area contributed by atoms with Gasteiger partial charge in [-0.05, 0) is 59.5 Å². The molecule has 104 valence electrons. The molecule has 2 unspecified atom stereocenters. The normalized spacial score (nSPS) is 23.5. The summed E-state index contributed by atoms with van der Waals surface area (Å²) >= 11 is 5.65. The number of rotatable bonds is 2. The van der Waals surface area contributed by atoms with Crippen molar-refractivity contribution in [1.29, 1.82) is 0 Å². The summed E-state index contributed by atoms with van der Waals surface area (Å²) in [5.41, 5.74) is 6.63. The van der Waals surface area contributed by atoms with Crippen molar-refractivity contribution in [2.24, 2.45) is 11.7 Å². The number of carbonyl (C=O) groups is 1. The van der Waals surface area contributed by atoms with Gasteiger partial charge >= 0.3 is 0 Å². The van der Waals surface area contributed by atoms with Crippen molar-refractivity contribution in [1.82, 2.24) is 4.90 Å². The molecule has 1 amide bonds. The average Bonchev–Trinajstić information content (AvgIpc) is 2.40. The molecule has 2 atom stereocenters. The van der Waals surface area contributed by atoms with E-state index in [1.54, 1.807) is 0 Å². The van der Waals surface area contributed by atoms with Crippen LogP contribution in [0.3, 0.4) is 0 Å². The number of benzene rings is 1. The summed E-state index contributed by atoms with van der Waals surface area (Å²) < 4.78 is 1.92. The number of nitrogens with two attached hydrogens (primary N) is 1. The Labute approximate surface area is 136 Å². The largest absolute Gasteiger partial charge is 0.334 e. The van der Waals surface area contributed by atoms with Crippen LogP contribution in [-0.2, 0) is 0 Å². The van der Waals surface area contributed by atoms with Gasteiger partial charge in [0, 0.05) is 27.2 Å². The van der Waals surface area contributed by atoms with Gasteiger partial charge in [-0.2, -0.15) is 0 Å². The Morgan fingerprint density at radius 1 is 1.58 bits per heavy atom. The van der Waals surface area contributed by atoms with Crippen molar-refractivity contribution < 1.29 is 4.79 Å². The van der Waals surface area contributed by atoms with Crippen LogP contribution in [0.25, 0.3) is 0 Å². The van der Waals surface area contributed by atoms with E-state index >= 15 is 0 Å². The van der Waals surface area contributed by atoms with Crippen molar-refractivity contribution in [3.8, 4) is 0 Å². The number of hydrogen-bond acceptors (Lipinski definition) is 2. The molecule has 1 aliphatic heterocycles. The monoisotopic (exact) mass is 436 g/mol. The van der Waals surface area contributed by atoms with Crippen molar-refractivity contribution in [2.45, 2.75) is 25.8 Å². The number of amides is 1. The second kappa shape index (κ2) is 6.54. The fraction of sp³-hybridized carbons (Fsp3) is 0.500. The minimum absolute atomic E-state index is 0.104. The summed E-state index contributed by atoms with van der Waals surface area (Å²) in [7, 11) is 0. The van der Waals surface area contributed by atoms with E-state index in [-0.39, 0.29) is 11.9 Å². The van der Waals surface area contributed by atoms with Gasteiger partial charge in [-0.25, -0.2) is 0 Å². The lowest BCUT2D eigenvalue weighted by Gasteiger charge is -2.39. The zero-order chi connectivity index (χ0) is 14.0. The molecule has 3 nitrogen and oxygen atoms in total. The van der Waals surface area contributed by atoms with Crippen LogP contribution in [0.15, 0.2) is 22.7 Å². The van der Waals surface area contributed by atoms with Gasteiger partial charge in [0.15, 0.2) is 0 Å². The van der Waals surface area contributed by atoms with Crippen LogP contribution < -0.4 is 5.73 Å². The Balaban J connectivity index is 2.29. The van der Waals surface area contributed by atoms with E-state index in [2.05, 4.69) is 45.4 Å². The third kappa shape index (κ3) is 3.31. The number of nitrogens with zero attached hydrogens (tertiary/aromatic N) is 1. The van der Waals surface area contributed by atoms with Gasteiger partial charge in [0.1, 0.15) is 0 Å². The standard InChI is InChI=1S/C14H18BrIN2O/c1-9-3-2-6-18(13(9)8-17)14(19)11-7-10(15)4-5-12(11)16/h4-5,7,9,13H,2-3,6,8,17H2,1H3. The van der Waals surface area contributed by atoms with E-state index in [1.165, 1.54) is 0 Å². The second-order valence-electron chi connectivity index (χ2n) is 5.05. The molecule has 1 saturated heterocycles. The molecule has 0 saturated carbocycles. The van der Waals surface area contributed by atoms with Gasteiger partial charge in [-0.1, -0.05) is 22.9 Å². The molecule has 1 heterocycles.